The second-order valence-electron chi connectivity index (χ2n) is 7.52. The zero-order valence-electron chi connectivity index (χ0n) is 14.3. The van der Waals surface area contributed by atoms with Crippen molar-refractivity contribution < 1.29 is 14.3 Å². The Bertz CT molecular complexity index is 430. The first-order chi connectivity index (χ1) is 11.1. The molecule has 0 aromatic rings. The topological polar surface area (TPSA) is 58.6 Å². The van der Waals surface area contributed by atoms with Gasteiger partial charge in [-0.25, -0.2) is 0 Å². The summed E-state index contributed by atoms with van der Waals surface area (Å²) in [4.78, 5) is 26.6. The standard InChI is InChI=1S/C18H30N2O3/c1-13(6-9-16-5-3-11-23-16)19-17(21)15-4-2-10-20(12-15)18(22)14-7-8-14/h13-16H,2-12H2,1H3,(H,19,21)/t13-,15-,16+/m1/s1. The lowest BCUT2D eigenvalue weighted by molar-refractivity contribution is -0.137. The number of rotatable bonds is 6. The molecule has 130 valence electrons. The molecule has 3 fully saturated rings. The Kier molecular flexibility index (Phi) is 5.57. The van der Waals surface area contributed by atoms with Crippen LogP contribution in [0.25, 0.3) is 0 Å². The van der Waals surface area contributed by atoms with E-state index in [-0.39, 0.29) is 29.7 Å². The molecule has 2 heterocycles. The fourth-order valence-electron chi connectivity index (χ4n) is 3.72. The fraction of sp³-hybridized carbons (Fsp3) is 0.889. The summed E-state index contributed by atoms with van der Waals surface area (Å²) in [5.74, 6) is 0.617. The molecule has 0 aromatic heterocycles. The van der Waals surface area contributed by atoms with Crippen molar-refractivity contribution in [3.05, 3.63) is 0 Å². The van der Waals surface area contributed by atoms with Gasteiger partial charge in [-0.05, 0) is 58.3 Å². The van der Waals surface area contributed by atoms with Crippen molar-refractivity contribution in [1.82, 2.24) is 10.2 Å². The smallest absolute Gasteiger partial charge is 0.225 e. The number of carbonyl (C=O) groups is 2. The quantitative estimate of drug-likeness (QED) is 0.815. The lowest BCUT2D eigenvalue weighted by atomic mass is 9.96. The highest BCUT2D eigenvalue weighted by atomic mass is 16.5. The predicted octanol–water partition coefficient (Wildman–Crippen LogP) is 2.10. The summed E-state index contributed by atoms with van der Waals surface area (Å²) in [6.07, 6.45) is 8.61. The molecule has 1 N–H and O–H groups in total. The van der Waals surface area contributed by atoms with Crippen molar-refractivity contribution in [3.63, 3.8) is 0 Å². The van der Waals surface area contributed by atoms with Crippen LogP contribution in [0.5, 0.6) is 0 Å². The largest absolute Gasteiger partial charge is 0.378 e. The zero-order chi connectivity index (χ0) is 16.2. The van der Waals surface area contributed by atoms with Gasteiger partial charge in [0.1, 0.15) is 0 Å². The van der Waals surface area contributed by atoms with E-state index in [2.05, 4.69) is 12.2 Å². The lowest BCUT2D eigenvalue weighted by Gasteiger charge is -2.33. The minimum atomic E-state index is -0.0309. The monoisotopic (exact) mass is 322 g/mol. The molecule has 23 heavy (non-hydrogen) atoms. The predicted molar refractivity (Wildman–Crippen MR) is 87.8 cm³/mol. The van der Waals surface area contributed by atoms with Gasteiger partial charge >= 0.3 is 0 Å². The molecule has 3 atom stereocenters. The van der Waals surface area contributed by atoms with Crippen LogP contribution in [0.3, 0.4) is 0 Å². The summed E-state index contributed by atoms with van der Waals surface area (Å²) in [6, 6.07) is 0.182. The second kappa shape index (κ2) is 7.65. The number of carbonyl (C=O) groups excluding carboxylic acids is 2. The van der Waals surface area contributed by atoms with Gasteiger partial charge in [-0.1, -0.05) is 0 Å². The Morgan fingerprint density at radius 3 is 2.70 bits per heavy atom. The number of ether oxygens (including phenoxy) is 1. The number of piperidine rings is 1. The highest BCUT2D eigenvalue weighted by Gasteiger charge is 2.36. The van der Waals surface area contributed by atoms with Crippen LogP contribution in [0.4, 0.5) is 0 Å². The average Bonchev–Trinajstić information content (AvgIpc) is 3.28. The van der Waals surface area contributed by atoms with Crippen molar-refractivity contribution in [2.24, 2.45) is 11.8 Å². The maximum atomic E-state index is 12.5. The van der Waals surface area contributed by atoms with E-state index in [4.69, 9.17) is 4.74 Å². The molecule has 3 aliphatic rings. The van der Waals surface area contributed by atoms with Gasteiger partial charge < -0.3 is 15.0 Å². The van der Waals surface area contributed by atoms with Crippen molar-refractivity contribution in [1.29, 1.82) is 0 Å². The average molecular weight is 322 g/mol. The Morgan fingerprint density at radius 2 is 2.00 bits per heavy atom. The van der Waals surface area contributed by atoms with Crippen LogP contribution < -0.4 is 5.32 Å². The number of amides is 2. The molecular weight excluding hydrogens is 292 g/mol. The molecule has 2 saturated heterocycles. The van der Waals surface area contributed by atoms with Crippen LogP contribution in [0.2, 0.25) is 0 Å². The second-order valence-corrected chi connectivity index (χ2v) is 7.52. The molecule has 0 spiro atoms. The van der Waals surface area contributed by atoms with E-state index in [1.807, 2.05) is 4.90 Å². The first-order valence-electron chi connectivity index (χ1n) is 9.34. The number of nitrogens with zero attached hydrogens (tertiary/aromatic N) is 1. The van der Waals surface area contributed by atoms with E-state index >= 15 is 0 Å². The summed E-state index contributed by atoms with van der Waals surface area (Å²) < 4.78 is 5.64. The van der Waals surface area contributed by atoms with Gasteiger partial charge in [-0.2, -0.15) is 0 Å². The molecule has 1 aliphatic carbocycles. The summed E-state index contributed by atoms with van der Waals surface area (Å²) in [7, 11) is 0. The number of likely N-dealkylation sites (tertiary alicyclic amines) is 1. The Hall–Kier alpha value is -1.10. The van der Waals surface area contributed by atoms with Crippen molar-refractivity contribution >= 4 is 11.8 Å². The summed E-state index contributed by atoms with van der Waals surface area (Å²) in [6.45, 7) is 4.40. The van der Waals surface area contributed by atoms with E-state index in [1.165, 1.54) is 6.42 Å². The molecule has 0 bridgehead atoms. The molecular formula is C18H30N2O3. The first-order valence-corrected chi connectivity index (χ1v) is 9.34. The van der Waals surface area contributed by atoms with Gasteiger partial charge in [0.2, 0.25) is 11.8 Å². The zero-order valence-corrected chi connectivity index (χ0v) is 14.3. The Morgan fingerprint density at radius 1 is 1.17 bits per heavy atom. The summed E-state index contributed by atoms with van der Waals surface area (Å²) >= 11 is 0. The lowest BCUT2D eigenvalue weighted by Crippen LogP contribution is -2.47. The van der Waals surface area contributed by atoms with Gasteiger partial charge in [0, 0.05) is 31.7 Å². The van der Waals surface area contributed by atoms with Gasteiger partial charge in [-0.15, -0.1) is 0 Å². The highest BCUT2D eigenvalue weighted by molar-refractivity contribution is 5.83. The van der Waals surface area contributed by atoms with Crippen LogP contribution in [0.15, 0.2) is 0 Å². The highest BCUT2D eigenvalue weighted by Crippen LogP contribution is 2.32. The Balaban J connectivity index is 1.40. The third-order valence-corrected chi connectivity index (χ3v) is 5.36. The molecule has 0 aromatic carbocycles. The van der Waals surface area contributed by atoms with Crippen LogP contribution in [0.1, 0.15) is 58.3 Å². The van der Waals surface area contributed by atoms with E-state index in [0.717, 1.165) is 58.1 Å². The molecule has 1 saturated carbocycles. The summed E-state index contributed by atoms with van der Waals surface area (Å²) in [5.41, 5.74) is 0. The van der Waals surface area contributed by atoms with Gasteiger partial charge in [-0.3, -0.25) is 9.59 Å². The van der Waals surface area contributed by atoms with E-state index < -0.39 is 0 Å². The van der Waals surface area contributed by atoms with E-state index in [0.29, 0.717) is 12.6 Å². The molecule has 0 unspecified atom stereocenters. The maximum absolute atomic E-state index is 12.5. The molecule has 2 aliphatic heterocycles. The van der Waals surface area contributed by atoms with Gasteiger partial charge in [0.15, 0.2) is 0 Å². The Labute approximate surface area is 139 Å². The molecule has 2 amide bonds. The first kappa shape index (κ1) is 16.7. The number of nitrogens with one attached hydrogen (secondary N) is 1. The molecule has 3 rings (SSSR count). The minimum absolute atomic E-state index is 0.0309. The van der Waals surface area contributed by atoms with Gasteiger partial charge in [0.05, 0.1) is 12.0 Å². The maximum Gasteiger partial charge on any atom is 0.225 e. The third-order valence-electron chi connectivity index (χ3n) is 5.36. The number of hydrogen-bond acceptors (Lipinski definition) is 3. The third kappa shape index (κ3) is 4.69. The van der Waals surface area contributed by atoms with Crippen LogP contribution >= 0.6 is 0 Å². The summed E-state index contributed by atoms with van der Waals surface area (Å²) in [5, 5.41) is 3.15. The van der Waals surface area contributed by atoms with Gasteiger partial charge in [0.25, 0.3) is 0 Å². The SMILES string of the molecule is C[C@H](CC[C@@H]1CCCO1)NC(=O)[C@@H]1CCCN(C(=O)C2CC2)C1. The fourth-order valence-corrected chi connectivity index (χ4v) is 3.72. The molecule has 0 radical (unpaired) electrons. The van der Waals surface area contributed by atoms with Crippen LogP contribution in [-0.4, -0.2) is 48.6 Å². The van der Waals surface area contributed by atoms with Crippen molar-refractivity contribution in [3.8, 4) is 0 Å². The van der Waals surface area contributed by atoms with E-state index in [9.17, 15) is 9.59 Å². The van der Waals surface area contributed by atoms with Crippen LogP contribution in [0, 0.1) is 11.8 Å². The molecule has 5 heteroatoms. The van der Waals surface area contributed by atoms with Crippen LogP contribution in [-0.2, 0) is 14.3 Å². The van der Waals surface area contributed by atoms with E-state index in [1.54, 1.807) is 0 Å². The number of hydrogen-bond donors (Lipinski definition) is 1. The molecule has 5 nitrogen and oxygen atoms in total. The van der Waals surface area contributed by atoms with Crippen molar-refractivity contribution in [2.45, 2.75) is 70.4 Å². The minimum Gasteiger partial charge on any atom is -0.378 e. The van der Waals surface area contributed by atoms with Crippen molar-refractivity contribution in [2.75, 3.05) is 19.7 Å². The normalized spacial score (nSPS) is 29.3.